The largest absolute Gasteiger partial charge is 0.370 e. The number of hydrogen-bond donors (Lipinski definition) is 0. The van der Waals surface area contributed by atoms with Gasteiger partial charge >= 0.3 is 0 Å². The van der Waals surface area contributed by atoms with E-state index in [0.29, 0.717) is 18.9 Å². The molecule has 3 nitrogen and oxygen atoms in total. The first-order valence-electron chi connectivity index (χ1n) is 6.61. The van der Waals surface area contributed by atoms with Crippen molar-refractivity contribution in [2.75, 3.05) is 7.05 Å². The van der Waals surface area contributed by atoms with Crippen LogP contribution in [-0.2, 0) is 31.0 Å². The fourth-order valence-electron chi connectivity index (χ4n) is 3.24. The van der Waals surface area contributed by atoms with Crippen LogP contribution >= 0.6 is 0 Å². The Bertz CT molecular complexity index is 708. The molecule has 0 spiro atoms. The Hall–Kier alpha value is -1.72. The normalized spacial score (nSPS) is 17.6. The lowest BCUT2D eigenvalue weighted by Crippen LogP contribution is -2.13. The van der Waals surface area contributed by atoms with E-state index in [1.165, 1.54) is 23.3 Å². The van der Waals surface area contributed by atoms with Crippen molar-refractivity contribution in [1.82, 2.24) is 9.47 Å². The third kappa shape index (κ3) is 1.57. The maximum Gasteiger partial charge on any atom is 0.150 e. The van der Waals surface area contributed by atoms with Crippen LogP contribution in [0.5, 0.6) is 0 Å². The van der Waals surface area contributed by atoms with Crippen molar-refractivity contribution >= 4 is 0 Å². The number of rotatable bonds is 1. The van der Waals surface area contributed by atoms with Gasteiger partial charge in [-0.15, -0.1) is 0 Å². The summed E-state index contributed by atoms with van der Waals surface area (Å²) in [6.45, 7) is 2.71. The summed E-state index contributed by atoms with van der Waals surface area (Å²) in [5, 5.41) is 0. The van der Waals surface area contributed by atoms with Gasteiger partial charge in [-0.2, -0.15) is 0 Å². The van der Waals surface area contributed by atoms with Gasteiger partial charge in [-0.3, -0.25) is 4.90 Å². The van der Waals surface area contributed by atoms with E-state index in [9.17, 15) is 8.78 Å². The molecule has 2 aliphatic rings. The number of halogens is 2. The minimum Gasteiger partial charge on any atom is -0.370 e. The molecule has 0 fully saturated rings. The number of aromatic nitrogens is 1. The third-order valence-corrected chi connectivity index (χ3v) is 4.08. The lowest BCUT2D eigenvalue weighted by molar-refractivity contribution is 0.131. The fourth-order valence-corrected chi connectivity index (χ4v) is 3.24. The van der Waals surface area contributed by atoms with Gasteiger partial charge in [-0.1, -0.05) is 0 Å². The Balaban J connectivity index is 1.97. The van der Waals surface area contributed by atoms with Crippen LogP contribution < -0.4 is 0 Å². The number of hydrogen-bond acceptors (Lipinski definition) is 2. The second-order valence-corrected chi connectivity index (χ2v) is 5.45. The van der Waals surface area contributed by atoms with Crippen LogP contribution in [0.3, 0.4) is 0 Å². The quantitative estimate of drug-likeness (QED) is 0.797. The van der Waals surface area contributed by atoms with Gasteiger partial charge in [-0.25, -0.2) is 8.78 Å². The standard InChI is InChI=1S/C15H14F2N2O/c1-18-5-10-11-7-20-8-15(11)19(14(10)6-18)13-3-2-9(16)4-12(13)17/h2-4H,5-8H2,1H3. The van der Waals surface area contributed by atoms with Gasteiger partial charge in [0.05, 0.1) is 24.6 Å². The summed E-state index contributed by atoms with van der Waals surface area (Å²) in [5.74, 6) is -1.09. The molecule has 3 heterocycles. The molecule has 0 bridgehead atoms. The van der Waals surface area contributed by atoms with Crippen molar-refractivity contribution in [2.45, 2.75) is 26.3 Å². The zero-order valence-corrected chi connectivity index (χ0v) is 11.1. The molecule has 1 aromatic heterocycles. The Morgan fingerprint density at radius 3 is 2.70 bits per heavy atom. The Labute approximate surface area is 115 Å². The molecule has 0 saturated carbocycles. The number of benzene rings is 1. The van der Waals surface area contributed by atoms with Gasteiger partial charge in [0.2, 0.25) is 0 Å². The highest BCUT2D eigenvalue weighted by molar-refractivity contribution is 5.49. The average Bonchev–Trinajstić information content (AvgIpc) is 3.03. The van der Waals surface area contributed by atoms with E-state index in [1.807, 2.05) is 11.6 Å². The molecule has 0 aliphatic carbocycles. The molecule has 0 N–H and O–H groups in total. The topological polar surface area (TPSA) is 17.4 Å². The molecule has 1 aromatic carbocycles. The van der Waals surface area contributed by atoms with Crippen LogP contribution in [-0.4, -0.2) is 16.5 Å². The highest BCUT2D eigenvalue weighted by atomic mass is 19.1. The highest BCUT2D eigenvalue weighted by Crippen LogP contribution is 2.37. The predicted octanol–water partition coefficient (Wildman–Crippen LogP) is 2.73. The molecule has 0 amide bonds. The van der Waals surface area contributed by atoms with E-state index < -0.39 is 11.6 Å². The molecule has 0 unspecified atom stereocenters. The van der Waals surface area contributed by atoms with Gasteiger partial charge in [0.25, 0.3) is 0 Å². The van der Waals surface area contributed by atoms with E-state index >= 15 is 0 Å². The Morgan fingerprint density at radius 2 is 1.90 bits per heavy atom. The molecule has 5 heteroatoms. The SMILES string of the molecule is CN1Cc2c3c(n(-c4ccc(F)cc4F)c2C1)COC3. The molecule has 0 atom stereocenters. The van der Waals surface area contributed by atoms with Crippen LogP contribution in [0.4, 0.5) is 8.78 Å². The summed E-state index contributed by atoms with van der Waals surface area (Å²) in [7, 11) is 2.04. The monoisotopic (exact) mass is 276 g/mol. The molecule has 4 rings (SSSR count). The first-order chi connectivity index (χ1) is 9.65. The van der Waals surface area contributed by atoms with E-state index in [4.69, 9.17) is 4.74 Å². The second-order valence-electron chi connectivity index (χ2n) is 5.45. The van der Waals surface area contributed by atoms with Crippen molar-refractivity contribution in [2.24, 2.45) is 0 Å². The van der Waals surface area contributed by atoms with E-state index in [-0.39, 0.29) is 0 Å². The van der Waals surface area contributed by atoms with Crippen molar-refractivity contribution in [3.05, 3.63) is 52.3 Å². The molecule has 2 aliphatic heterocycles. The van der Waals surface area contributed by atoms with Gasteiger partial charge in [0, 0.05) is 30.4 Å². The van der Waals surface area contributed by atoms with Crippen molar-refractivity contribution in [3.63, 3.8) is 0 Å². The van der Waals surface area contributed by atoms with Crippen LogP contribution in [0, 0.1) is 11.6 Å². The number of fused-ring (bicyclic) bond motifs is 3. The number of ether oxygens (including phenoxy) is 1. The van der Waals surface area contributed by atoms with Crippen LogP contribution in [0.2, 0.25) is 0 Å². The predicted molar refractivity (Wildman–Crippen MR) is 69.3 cm³/mol. The molecule has 20 heavy (non-hydrogen) atoms. The zero-order valence-electron chi connectivity index (χ0n) is 11.1. The smallest absolute Gasteiger partial charge is 0.150 e. The fraction of sp³-hybridized carbons (Fsp3) is 0.333. The molecule has 0 radical (unpaired) electrons. The summed E-state index contributed by atoms with van der Waals surface area (Å²) >= 11 is 0. The maximum atomic E-state index is 14.1. The first-order valence-corrected chi connectivity index (χ1v) is 6.61. The molecule has 2 aromatic rings. The van der Waals surface area contributed by atoms with Gasteiger partial charge < -0.3 is 9.30 Å². The van der Waals surface area contributed by atoms with Gasteiger partial charge in [0.1, 0.15) is 11.6 Å². The number of nitrogens with zero attached hydrogens (tertiary/aromatic N) is 2. The molecular formula is C15H14F2N2O. The lowest BCUT2D eigenvalue weighted by atomic mass is 10.1. The zero-order chi connectivity index (χ0) is 13.9. The van der Waals surface area contributed by atoms with Crippen molar-refractivity contribution in [3.8, 4) is 5.69 Å². The average molecular weight is 276 g/mol. The molecule has 104 valence electrons. The van der Waals surface area contributed by atoms with E-state index in [1.54, 1.807) is 0 Å². The minimum absolute atomic E-state index is 0.407. The van der Waals surface area contributed by atoms with Crippen molar-refractivity contribution in [1.29, 1.82) is 0 Å². The van der Waals surface area contributed by atoms with Crippen molar-refractivity contribution < 1.29 is 13.5 Å². The summed E-state index contributed by atoms with van der Waals surface area (Å²) in [6, 6.07) is 3.73. The summed E-state index contributed by atoms with van der Waals surface area (Å²) < 4.78 is 34.7. The van der Waals surface area contributed by atoms with Gasteiger partial charge in [-0.05, 0) is 24.7 Å². The maximum absolute atomic E-state index is 14.1. The molecular weight excluding hydrogens is 262 g/mol. The lowest BCUT2D eigenvalue weighted by Gasteiger charge is -2.14. The Morgan fingerprint density at radius 1 is 1.05 bits per heavy atom. The van der Waals surface area contributed by atoms with Crippen LogP contribution in [0.1, 0.15) is 22.5 Å². The summed E-state index contributed by atoms with van der Waals surface area (Å²) in [4.78, 5) is 2.18. The first kappa shape index (κ1) is 12.1. The summed E-state index contributed by atoms with van der Waals surface area (Å²) in [6.07, 6.45) is 0. The Kier molecular flexibility index (Phi) is 2.49. The van der Waals surface area contributed by atoms with E-state index in [0.717, 1.165) is 30.5 Å². The minimum atomic E-state index is -0.555. The van der Waals surface area contributed by atoms with Gasteiger partial charge in [0.15, 0.2) is 0 Å². The van der Waals surface area contributed by atoms with Crippen LogP contribution in [0.25, 0.3) is 5.69 Å². The van der Waals surface area contributed by atoms with Crippen LogP contribution in [0.15, 0.2) is 18.2 Å². The highest BCUT2D eigenvalue weighted by Gasteiger charge is 2.32. The third-order valence-electron chi connectivity index (χ3n) is 4.08. The summed E-state index contributed by atoms with van der Waals surface area (Å²) in [5.41, 5.74) is 4.93. The van der Waals surface area contributed by atoms with E-state index in [2.05, 4.69) is 4.90 Å². The molecule has 0 saturated heterocycles. The second kappa shape index (κ2) is 4.14.